The van der Waals surface area contributed by atoms with Crippen LogP contribution in [-0.4, -0.2) is 35.1 Å². The molecule has 0 spiro atoms. The molecule has 1 N–H and O–H groups in total. The lowest BCUT2D eigenvalue weighted by Gasteiger charge is -2.34. The highest BCUT2D eigenvalue weighted by atomic mass is 16.5. The Kier molecular flexibility index (Phi) is 6.83. The van der Waals surface area contributed by atoms with Crippen molar-refractivity contribution in [2.24, 2.45) is 5.41 Å². The van der Waals surface area contributed by atoms with Crippen LogP contribution in [0.5, 0.6) is 5.75 Å². The number of ether oxygens (including phenoxy) is 1. The van der Waals surface area contributed by atoms with Gasteiger partial charge in [-0.25, -0.2) is 4.79 Å². The number of amides is 2. The van der Waals surface area contributed by atoms with Crippen molar-refractivity contribution >= 4 is 17.8 Å². The Balaban J connectivity index is 1.29. The van der Waals surface area contributed by atoms with Crippen LogP contribution in [0.2, 0.25) is 0 Å². The number of benzene rings is 1. The van der Waals surface area contributed by atoms with Gasteiger partial charge < -0.3 is 15.0 Å². The van der Waals surface area contributed by atoms with Gasteiger partial charge in [-0.1, -0.05) is 37.6 Å². The number of aromatic nitrogens is 1. The Bertz CT molecular complexity index is 945. The number of likely N-dealkylation sites (tertiary alicyclic amines) is 1. The predicted molar refractivity (Wildman–Crippen MR) is 130 cm³/mol. The van der Waals surface area contributed by atoms with E-state index in [1.165, 1.54) is 24.0 Å². The predicted octanol–water partition coefficient (Wildman–Crippen LogP) is 6.45. The fourth-order valence-electron chi connectivity index (χ4n) is 4.48. The lowest BCUT2D eigenvalue weighted by atomic mass is 9.76. The van der Waals surface area contributed by atoms with Gasteiger partial charge in [0.15, 0.2) is 0 Å². The van der Waals surface area contributed by atoms with Gasteiger partial charge >= 0.3 is 6.03 Å². The van der Waals surface area contributed by atoms with Gasteiger partial charge in [0.1, 0.15) is 5.75 Å². The third-order valence-electron chi connectivity index (χ3n) is 6.67. The highest BCUT2D eigenvalue weighted by Gasteiger charge is 2.27. The summed E-state index contributed by atoms with van der Waals surface area (Å²) in [6.45, 7) is 8.09. The summed E-state index contributed by atoms with van der Waals surface area (Å²) in [5.41, 5.74) is 4.68. The third kappa shape index (κ3) is 6.12. The van der Waals surface area contributed by atoms with E-state index in [9.17, 15) is 4.79 Å². The van der Waals surface area contributed by atoms with E-state index in [4.69, 9.17) is 4.74 Å². The number of nitrogens with zero attached hydrogens (tertiary/aromatic N) is 2. The van der Waals surface area contributed by atoms with E-state index in [0.717, 1.165) is 55.9 Å². The zero-order valence-electron chi connectivity index (χ0n) is 19.6. The van der Waals surface area contributed by atoms with Crippen LogP contribution in [0.15, 0.2) is 48.2 Å². The second-order valence-corrected chi connectivity index (χ2v) is 9.96. The minimum atomic E-state index is -0.0549. The van der Waals surface area contributed by atoms with Crippen LogP contribution in [0.3, 0.4) is 0 Å². The number of pyridine rings is 1. The molecule has 1 saturated carbocycles. The fourth-order valence-corrected chi connectivity index (χ4v) is 4.48. The summed E-state index contributed by atoms with van der Waals surface area (Å²) in [5.74, 6) is 0.965. The van der Waals surface area contributed by atoms with E-state index < -0.39 is 0 Å². The fraction of sp³-hybridized carbons (Fsp3) is 0.481. The number of urea groups is 1. The van der Waals surface area contributed by atoms with Crippen LogP contribution >= 0.6 is 0 Å². The minimum absolute atomic E-state index is 0.0549. The maximum absolute atomic E-state index is 12.5. The van der Waals surface area contributed by atoms with E-state index in [2.05, 4.69) is 54.5 Å². The Morgan fingerprint density at radius 2 is 1.91 bits per heavy atom. The number of piperidine rings is 1. The molecule has 2 heterocycles. The molecule has 1 saturated heterocycles. The monoisotopic (exact) mass is 433 g/mol. The summed E-state index contributed by atoms with van der Waals surface area (Å²) in [7, 11) is 0. The standard InChI is InChI=1S/C27H35N3O2/c1-20-7-8-23(19-28-20)29-26(31)30-15-11-21(12-16-30)17-22-5-4-6-25(18-22)32-24-9-13-27(2,3)14-10-24/h4-8,17-19,24H,9-16H2,1-3H3,(H,29,31). The molecule has 0 radical (unpaired) electrons. The molecular formula is C27H35N3O2. The van der Waals surface area contributed by atoms with E-state index >= 15 is 0 Å². The number of carbonyl (C=O) groups excluding carboxylic acids is 1. The Labute approximate surface area is 191 Å². The lowest BCUT2D eigenvalue weighted by Crippen LogP contribution is -2.39. The molecule has 2 amide bonds. The summed E-state index contributed by atoms with van der Waals surface area (Å²) in [6.07, 6.45) is 10.8. The van der Waals surface area contributed by atoms with Gasteiger partial charge in [-0.05, 0) is 80.7 Å². The summed E-state index contributed by atoms with van der Waals surface area (Å²) in [6, 6.07) is 12.2. The van der Waals surface area contributed by atoms with Crippen molar-refractivity contribution in [2.75, 3.05) is 18.4 Å². The van der Waals surface area contributed by atoms with Crippen LogP contribution in [-0.2, 0) is 0 Å². The summed E-state index contributed by atoms with van der Waals surface area (Å²) < 4.78 is 6.30. The van der Waals surface area contributed by atoms with Crippen molar-refractivity contribution in [3.63, 3.8) is 0 Å². The average molecular weight is 434 g/mol. The highest BCUT2D eigenvalue weighted by molar-refractivity contribution is 5.89. The average Bonchev–Trinajstić information content (AvgIpc) is 2.78. The molecule has 2 aromatic rings. The number of rotatable bonds is 4. The van der Waals surface area contributed by atoms with Crippen LogP contribution < -0.4 is 10.1 Å². The molecule has 5 heteroatoms. The third-order valence-corrected chi connectivity index (χ3v) is 6.67. The van der Waals surface area contributed by atoms with Gasteiger partial charge in [-0.2, -0.15) is 0 Å². The van der Waals surface area contributed by atoms with E-state index in [1.807, 2.05) is 24.0 Å². The smallest absolute Gasteiger partial charge is 0.321 e. The maximum atomic E-state index is 12.5. The first-order valence-corrected chi connectivity index (χ1v) is 11.8. The second kappa shape index (κ2) is 9.76. The molecule has 1 aliphatic heterocycles. The number of hydrogen-bond acceptors (Lipinski definition) is 3. The van der Waals surface area contributed by atoms with E-state index in [1.54, 1.807) is 6.20 Å². The summed E-state index contributed by atoms with van der Waals surface area (Å²) in [4.78, 5) is 18.7. The summed E-state index contributed by atoms with van der Waals surface area (Å²) >= 11 is 0. The SMILES string of the molecule is Cc1ccc(NC(=O)N2CCC(=Cc3cccc(OC4CCC(C)(C)CC4)c3)CC2)cn1. The Morgan fingerprint density at radius 3 is 2.59 bits per heavy atom. The number of carbonyl (C=O) groups is 1. The molecule has 1 aromatic carbocycles. The maximum Gasteiger partial charge on any atom is 0.321 e. The Hall–Kier alpha value is -2.82. The molecule has 0 bridgehead atoms. The van der Waals surface area contributed by atoms with Crippen LogP contribution in [0.4, 0.5) is 10.5 Å². The zero-order chi connectivity index (χ0) is 22.6. The first-order chi connectivity index (χ1) is 15.4. The van der Waals surface area contributed by atoms with Crippen molar-refractivity contribution in [1.29, 1.82) is 0 Å². The minimum Gasteiger partial charge on any atom is -0.490 e. The van der Waals surface area contributed by atoms with Gasteiger partial charge in [-0.15, -0.1) is 0 Å². The van der Waals surface area contributed by atoms with Gasteiger partial charge in [0.2, 0.25) is 0 Å². The second-order valence-electron chi connectivity index (χ2n) is 9.96. The van der Waals surface area contributed by atoms with Crippen molar-refractivity contribution in [2.45, 2.75) is 65.4 Å². The van der Waals surface area contributed by atoms with Crippen molar-refractivity contribution in [3.05, 3.63) is 59.4 Å². The molecular weight excluding hydrogens is 398 g/mol. The molecule has 4 rings (SSSR count). The van der Waals surface area contributed by atoms with Crippen molar-refractivity contribution < 1.29 is 9.53 Å². The van der Waals surface area contributed by atoms with E-state index in [0.29, 0.717) is 11.5 Å². The summed E-state index contributed by atoms with van der Waals surface area (Å²) in [5, 5.41) is 2.94. The van der Waals surface area contributed by atoms with Gasteiger partial charge in [0.25, 0.3) is 0 Å². The first kappa shape index (κ1) is 22.4. The topological polar surface area (TPSA) is 54.5 Å². The zero-order valence-corrected chi connectivity index (χ0v) is 19.6. The quantitative estimate of drug-likeness (QED) is 0.603. The highest BCUT2D eigenvalue weighted by Crippen LogP contribution is 2.36. The van der Waals surface area contributed by atoms with Crippen LogP contribution in [0.25, 0.3) is 6.08 Å². The number of nitrogens with one attached hydrogen (secondary N) is 1. The lowest BCUT2D eigenvalue weighted by molar-refractivity contribution is 0.0987. The van der Waals surface area contributed by atoms with Gasteiger partial charge in [0.05, 0.1) is 18.0 Å². The molecule has 2 fully saturated rings. The van der Waals surface area contributed by atoms with E-state index in [-0.39, 0.29) is 6.03 Å². The number of hydrogen-bond donors (Lipinski definition) is 1. The molecule has 2 aliphatic rings. The molecule has 32 heavy (non-hydrogen) atoms. The van der Waals surface area contributed by atoms with Crippen LogP contribution in [0.1, 0.15) is 63.6 Å². The number of aryl methyl sites for hydroxylation is 1. The van der Waals surface area contributed by atoms with Crippen LogP contribution in [0, 0.1) is 12.3 Å². The largest absolute Gasteiger partial charge is 0.490 e. The van der Waals surface area contributed by atoms with Gasteiger partial charge in [-0.3, -0.25) is 4.98 Å². The van der Waals surface area contributed by atoms with Gasteiger partial charge in [0, 0.05) is 18.8 Å². The normalized spacial score (nSPS) is 18.8. The van der Waals surface area contributed by atoms with Crippen molar-refractivity contribution in [3.8, 4) is 5.75 Å². The molecule has 0 atom stereocenters. The molecule has 1 aromatic heterocycles. The number of anilines is 1. The van der Waals surface area contributed by atoms with Crippen molar-refractivity contribution in [1.82, 2.24) is 9.88 Å². The Morgan fingerprint density at radius 1 is 1.16 bits per heavy atom. The molecule has 1 aliphatic carbocycles. The molecule has 0 unspecified atom stereocenters. The molecule has 170 valence electrons. The first-order valence-electron chi connectivity index (χ1n) is 11.8. The molecule has 5 nitrogen and oxygen atoms in total.